The van der Waals surface area contributed by atoms with Gasteiger partial charge in [-0.25, -0.2) is 0 Å². The molecule has 4 nitrogen and oxygen atoms in total. The van der Waals surface area contributed by atoms with Crippen molar-refractivity contribution >= 4 is 22.6 Å². The summed E-state index contributed by atoms with van der Waals surface area (Å²) in [7, 11) is 0. The second-order valence-corrected chi connectivity index (χ2v) is 5.03. The molecule has 2 aromatic carbocycles. The lowest BCUT2D eigenvalue weighted by atomic mass is 10.0. The average Bonchev–Trinajstić information content (AvgIpc) is 2.52. The highest BCUT2D eigenvalue weighted by Crippen LogP contribution is 2.20. The number of hydrogen-bond acceptors (Lipinski definition) is 2. The third-order valence-electron chi connectivity index (χ3n) is 3.42. The summed E-state index contributed by atoms with van der Waals surface area (Å²) in [6.07, 6.45) is 0.382. The molecule has 0 aliphatic heterocycles. The molecule has 0 saturated carbocycles. The number of rotatable bonds is 5. The zero-order valence-electron chi connectivity index (χ0n) is 12.3. The number of benzene rings is 2. The smallest absolute Gasteiger partial charge is 0.239 e. The quantitative estimate of drug-likeness (QED) is 0.886. The van der Waals surface area contributed by atoms with Crippen LogP contribution in [-0.4, -0.2) is 18.4 Å². The van der Waals surface area contributed by atoms with Gasteiger partial charge in [0, 0.05) is 6.42 Å². The number of amides is 2. The molecule has 1 atom stereocenters. The highest BCUT2D eigenvalue weighted by atomic mass is 16.2. The maximum atomic E-state index is 11.8. The second kappa shape index (κ2) is 6.88. The van der Waals surface area contributed by atoms with Crippen molar-refractivity contribution in [2.75, 3.05) is 6.54 Å². The lowest BCUT2D eigenvalue weighted by Gasteiger charge is -2.15. The van der Waals surface area contributed by atoms with Crippen LogP contribution in [0.25, 0.3) is 10.8 Å². The predicted molar refractivity (Wildman–Crippen MR) is 83.8 cm³/mol. The van der Waals surface area contributed by atoms with E-state index in [2.05, 4.69) is 28.8 Å². The highest BCUT2D eigenvalue weighted by Gasteiger charge is 2.10. The molecule has 110 valence electrons. The number of carbonyl (C=O) groups excluding carboxylic acids is 2. The van der Waals surface area contributed by atoms with Crippen molar-refractivity contribution < 1.29 is 9.59 Å². The fourth-order valence-electron chi connectivity index (χ4n) is 2.16. The molecular formula is C17H20N2O2. The van der Waals surface area contributed by atoms with E-state index in [1.165, 1.54) is 5.39 Å². The van der Waals surface area contributed by atoms with Crippen molar-refractivity contribution in [1.29, 1.82) is 0 Å². The van der Waals surface area contributed by atoms with Gasteiger partial charge < -0.3 is 10.6 Å². The molecule has 2 aromatic rings. The third-order valence-corrected chi connectivity index (χ3v) is 3.42. The molecule has 1 unspecified atom stereocenters. The molecule has 0 saturated heterocycles. The molecule has 21 heavy (non-hydrogen) atoms. The van der Waals surface area contributed by atoms with Gasteiger partial charge in [0.25, 0.3) is 0 Å². The minimum absolute atomic E-state index is 0.0184. The Labute approximate surface area is 124 Å². The number of hydrogen-bond donors (Lipinski definition) is 2. The first-order valence-corrected chi connectivity index (χ1v) is 7.15. The van der Waals surface area contributed by atoms with Crippen LogP contribution in [0, 0.1) is 0 Å². The van der Waals surface area contributed by atoms with E-state index in [4.69, 9.17) is 0 Å². The van der Waals surface area contributed by atoms with Gasteiger partial charge in [-0.2, -0.15) is 0 Å². The van der Waals surface area contributed by atoms with Crippen LogP contribution >= 0.6 is 0 Å². The maximum Gasteiger partial charge on any atom is 0.239 e. The van der Waals surface area contributed by atoms with Crippen LogP contribution in [0.1, 0.15) is 31.9 Å². The molecule has 0 bridgehead atoms. The number of fused-ring (bicyclic) bond motifs is 1. The average molecular weight is 284 g/mol. The zero-order chi connectivity index (χ0) is 15.2. The van der Waals surface area contributed by atoms with E-state index in [1.54, 1.807) is 6.92 Å². The van der Waals surface area contributed by atoms with E-state index in [1.807, 2.05) is 31.2 Å². The van der Waals surface area contributed by atoms with Crippen molar-refractivity contribution in [2.24, 2.45) is 0 Å². The summed E-state index contributed by atoms with van der Waals surface area (Å²) >= 11 is 0. The van der Waals surface area contributed by atoms with E-state index < -0.39 is 0 Å². The minimum Gasteiger partial charge on any atom is -0.348 e. The normalized spacial score (nSPS) is 11.9. The van der Waals surface area contributed by atoms with Crippen molar-refractivity contribution in [1.82, 2.24) is 10.6 Å². The largest absolute Gasteiger partial charge is 0.348 e. The topological polar surface area (TPSA) is 58.2 Å². The molecule has 2 N–H and O–H groups in total. The van der Waals surface area contributed by atoms with Gasteiger partial charge in [0.2, 0.25) is 11.8 Å². The monoisotopic (exact) mass is 284 g/mol. The Hall–Kier alpha value is -2.36. The van der Waals surface area contributed by atoms with Crippen LogP contribution in [0.5, 0.6) is 0 Å². The molecule has 2 rings (SSSR count). The first-order valence-electron chi connectivity index (χ1n) is 7.15. The predicted octanol–water partition coefficient (Wildman–Crippen LogP) is 2.54. The maximum absolute atomic E-state index is 11.8. The summed E-state index contributed by atoms with van der Waals surface area (Å²) in [4.78, 5) is 22.9. The van der Waals surface area contributed by atoms with Gasteiger partial charge in [0.15, 0.2) is 0 Å². The van der Waals surface area contributed by atoms with Gasteiger partial charge in [0.05, 0.1) is 12.6 Å². The summed E-state index contributed by atoms with van der Waals surface area (Å²) in [6, 6.07) is 14.1. The van der Waals surface area contributed by atoms with Crippen molar-refractivity contribution in [3.63, 3.8) is 0 Å². The van der Waals surface area contributed by atoms with Crippen LogP contribution in [-0.2, 0) is 9.59 Å². The first-order chi connectivity index (χ1) is 10.1. The molecule has 0 spiro atoms. The summed E-state index contributed by atoms with van der Waals surface area (Å²) in [5, 5.41) is 7.78. The van der Waals surface area contributed by atoms with Crippen LogP contribution in [0.2, 0.25) is 0 Å². The Morgan fingerprint density at radius 3 is 2.48 bits per heavy atom. The fraction of sp³-hybridized carbons (Fsp3) is 0.294. The summed E-state index contributed by atoms with van der Waals surface area (Å²) in [5.74, 6) is -0.305. The Morgan fingerprint density at radius 1 is 1.05 bits per heavy atom. The Balaban J connectivity index is 1.99. The minimum atomic E-state index is -0.183. The Morgan fingerprint density at radius 2 is 1.76 bits per heavy atom. The Bertz CT molecular complexity index is 652. The molecule has 0 radical (unpaired) electrons. The third kappa shape index (κ3) is 4.05. The van der Waals surface area contributed by atoms with E-state index >= 15 is 0 Å². The van der Waals surface area contributed by atoms with Crippen LogP contribution in [0.4, 0.5) is 0 Å². The lowest BCUT2D eigenvalue weighted by Crippen LogP contribution is -2.37. The van der Waals surface area contributed by atoms with Crippen molar-refractivity contribution in [3.05, 3.63) is 48.0 Å². The lowest BCUT2D eigenvalue weighted by molar-refractivity contribution is -0.126. The van der Waals surface area contributed by atoms with Gasteiger partial charge in [-0.05, 0) is 29.3 Å². The number of carbonyl (C=O) groups is 2. The second-order valence-electron chi connectivity index (χ2n) is 5.03. The van der Waals surface area contributed by atoms with Crippen molar-refractivity contribution in [3.8, 4) is 0 Å². The summed E-state index contributed by atoms with van der Waals surface area (Å²) in [5.41, 5.74) is 1.05. The van der Waals surface area contributed by atoms with E-state index in [-0.39, 0.29) is 24.4 Å². The zero-order valence-corrected chi connectivity index (χ0v) is 12.3. The van der Waals surface area contributed by atoms with Crippen LogP contribution in [0.3, 0.4) is 0 Å². The van der Waals surface area contributed by atoms with Gasteiger partial charge in [-0.1, -0.05) is 43.3 Å². The molecule has 0 aliphatic carbocycles. The molecule has 2 amide bonds. The molecule has 0 fully saturated rings. The standard InChI is InChI=1S/C17H20N2O2/c1-3-16(20)18-11-17(21)19-12(2)14-9-8-13-6-4-5-7-15(13)10-14/h4-10,12H,3,11H2,1-2H3,(H,18,20)(H,19,21). The fourth-order valence-corrected chi connectivity index (χ4v) is 2.16. The summed E-state index contributed by atoms with van der Waals surface area (Å²) in [6.45, 7) is 3.71. The molecule has 4 heteroatoms. The van der Waals surface area contributed by atoms with Crippen LogP contribution < -0.4 is 10.6 Å². The van der Waals surface area contributed by atoms with Crippen molar-refractivity contribution in [2.45, 2.75) is 26.3 Å². The number of nitrogens with one attached hydrogen (secondary N) is 2. The molecular weight excluding hydrogens is 264 g/mol. The van der Waals surface area contributed by atoms with Gasteiger partial charge in [0.1, 0.15) is 0 Å². The molecule has 0 aromatic heterocycles. The van der Waals surface area contributed by atoms with Gasteiger partial charge >= 0.3 is 0 Å². The Kier molecular flexibility index (Phi) is 4.93. The van der Waals surface area contributed by atoms with Gasteiger partial charge in [-0.15, -0.1) is 0 Å². The van der Waals surface area contributed by atoms with Gasteiger partial charge in [-0.3, -0.25) is 9.59 Å². The van der Waals surface area contributed by atoms with E-state index in [9.17, 15) is 9.59 Å². The van der Waals surface area contributed by atoms with E-state index in [0.29, 0.717) is 6.42 Å². The van der Waals surface area contributed by atoms with E-state index in [0.717, 1.165) is 10.9 Å². The van der Waals surface area contributed by atoms with Crippen LogP contribution in [0.15, 0.2) is 42.5 Å². The SMILES string of the molecule is CCC(=O)NCC(=O)NC(C)c1ccc2ccccc2c1. The molecule has 0 aliphatic rings. The molecule has 0 heterocycles. The first kappa shape index (κ1) is 15.0. The highest BCUT2D eigenvalue weighted by molar-refractivity contribution is 5.85. The summed E-state index contributed by atoms with van der Waals surface area (Å²) < 4.78 is 0.